The normalized spacial score (nSPS) is 10.4. The van der Waals surface area contributed by atoms with Crippen LogP contribution >= 0.6 is 0 Å². The first-order valence-corrected chi connectivity index (χ1v) is 8.10. The zero-order chi connectivity index (χ0) is 17.9. The van der Waals surface area contributed by atoms with Crippen LogP contribution in [-0.2, 0) is 6.61 Å². The van der Waals surface area contributed by atoms with Crippen LogP contribution in [0.2, 0.25) is 0 Å². The first-order valence-electron chi connectivity index (χ1n) is 8.10. The molecule has 0 saturated carbocycles. The summed E-state index contributed by atoms with van der Waals surface area (Å²) in [6.07, 6.45) is 4.91. The lowest BCUT2D eigenvalue weighted by atomic mass is 10.1. The lowest BCUT2D eigenvalue weighted by molar-refractivity contribution is 0.297. The van der Waals surface area contributed by atoms with Crippen LogP contribution in [0.5, 0.6) is 5.88 Å². The van der Waals surface area contributed by atoms with Crippen LogP contribution in [0.3, 0.4) is 0 Å². The van der Waals surface area contributed by atoms with Gasteiger partial charge in [0.2, 0.25) is 5.88 Å². The molecule has 0 aliphatic heterocycles. The molecular weight excluding hydrogens is 345 g/mol. The molecule has 3 aromatic heterocycles. The molecule has 7 heteroatoms. The molecule has 0 spiro atoms. The Bertz CT molecular complexity index is 1050. The van der Waals surface area contributed by atoms with Crippen molar-refractivity contribution in [2.24, 2.45) is 0 Å². The molecule has 0 atom stereocenters. The average Bonchev–Trinajstić information content (AvgIpc) is 2.68. The summed E-state index contributed by atoms with van der Waals surface area (Å²) < 4.78 is 19.0. The van der Waals surface area contributed by atoms with E-state index in [9.17, 15) is 4.39 Å². The third-order valence-corrected chi connectivity index (χ3v) is 3.98. The monoisotopic (exact) mass is 363 g/mol. The molecule has 0 radical (unpaired) electrons. The molecule has 0 aliphatic carbocycles. The topological polar surface area (TPSA) is 95.8 Å². The minimum Gasteiger partial charge on any atom is -0.472 e. The van der Waals surface area contributed by atoms with Crippen molar-refractivity contribution in [2.45, 2.75) is 13.5 Å². The summed E-state index contributed by atoms with van der Waals surface area (Å²) in [7, 11) is 0. The summed E-state index contributed by atoms with van der Waals surface area (Å²) in [4.78, 5) is 17.0. The fourth-order valence-corrected chi connectivity index (χ4v) is 2.57. The Kier molecular flexibility index (Phi) is 5.33. The Hall–Kier alpha value is -3.45. The summed E-state index contributed by atoms with van der Waals surface area (Å²) in [5.74, 6) is 0.175. The van der Waals surface area contributed by atoms with Gasteiger partial charge in [-0.1, -0.05) is 18.2 Å². The SMILES string of the molecule is Cc1ccc(COc2ncnc3ncc(-c4ccc(F)cc4)cc23)cn1.N. The standard InChI is InChI=1S/C20H15FN4O.H3N/c1-13-2-3-14(9-22-13)11-26-20-18-8-16(10-23-19(18)24-12-25-20)15-4-6-17(21)7-5-15;/h2-10,12H,11H2,1H3;1H3. The van der Waals surface area contributed by atoms with E-state index in [0.29, 0.717) is 23.5 Å². The van der Waals surface area contributed by atoms with E-state index in [4.69, 9.17) is 4.74 Å². The van der Waals surface area contributed by atoms with Gasteiger partial charge in [-0.2, -0.15) is 0 Å². The molecule has 0 aliphatic rings. The largest absolute Gasteiger partial charge is 0.472 e. The van der Waals surface area contributed by atoms with E-state index in [0.717, 1.165) is 22.4 Å². The maximum atomic E-state index is 13.1. The number of ether oxygens (including phenoxy) is 1. The highest BCUT2D eigenvalue weighted by atomic mass is 19.1. The van der Waals surface area contributed by atoms with Crippen molar-refractivity contribution in [1.29, 1.82) is 0 Å². The molecular formula is C20H18FN5O. The van der Waals surface area contributed by atoms with Crippen molar-refractivity contribution < 1.29 is 9.13 Å². The van der Waals surface area contributed by atoms with Gasteiger partial charge in [0.15, 0.2) is 5.65 Å². The zero-order valence-corrected chi connectivity index (χ0v) is 14.8. The molecule has 0 saturated heterocycles. The number of hydrogen-bond acceptors (Lipinski definition) is 6. The minimum absolute atomic E-state index is 0. The van der Waals surface area contributed by atoms with Crippen LogP contribution in [0.15, 0.2) is 61.2 Å². The number of hydrogen-bond donors (Lipinski definition) is 1. The van der Waals surface area contributed by atoms with Crippen LogP contribution in [0.1, 0.15) is 11.3 Å². The number of pyridine rings is 2. The molecule has 4 rings (SSSR count). The Labute approximate surface area is 155 Å². The second-order valence-electron chi connectivity index (χ2n) is 5.88. The van der Waals surface area contributed by atoms with Gasteiger partial charge >= 0.3 is 0 Å². The molecule has 3 N–H and O–H groups in total. The van der Waals surface area contributed by atoms with Gasteiger partial charge in [0.25, 0.3) is 0 Å². The van der Waals surface area contributed by atoms with E-state index in [1.54, 1.807) is 24.5 Å². The summed E-state index contributed by atoms with van der Waals surface area (Å²) >= 11 is 0. The molecule has 0 fully saturated rings. The molecule has 6 nitrogen and oxygen atoms in total. The second kappa shape index (κ2) is 7.84. The maximum Gasteiger partial charge on any atom is 0.226 e. The van der Waals surface area contributed by atoms with Gasteiger partial charge in [0, 0.05) is 29.2 Å². The molecule has 136 valence electrons. The molecule has 4 aromatic rings. The Balaban J connectivity index is 0.00000210. The number of aryl methyl sites for hydroxylation is 1. The van der Waals surface area contributed by atoms with Crippen molar-refractivity contribution in [1.82, 2.24) is 26.1 Å². The van der Waals surface area contributed by atoms with Crippen molar-refractivity contribution >= 4 is 11.0 Å². The van der Waals surface area contributed by atoms with Crippen molar-refractivity contribution in [3.63, 3.8) is 0 Å². The third kappa shape index (κ3) is 4.04. The van der Waals surface area contributed by atoms with Gasteiger partial charge in [0.05, 0.1) is 5.39 Å². The van der Waals surface area contributed by atoms with Crippen molar-refractivity contribution in [3.8, 4) is 17.0 Å². The number of rotatable bonds is 4. The first kappa shape index (κ1) is 18.3. The van der Waals surface area contributed by atoms with E-state index < -0.39 is 0 Å². The van der Waals surface area contributed by atoms with Crippen LogP contribution in [0.4, 0.5) is 4.39 Å². The average molecular weight is 363 g/mol. The van der Waals surface area contributed by atoms with Crippen molar-refractivity contribution in [3.05, 3.63) is 78.3 Å². The molecule has 0 unspecified atom stereocenters. The fraction of sp³-hybridized carbons (Fsp3) is 0.100. The van der Waals surface area contributed by atoms with Crippen molar-refractivity contribution in [2.75, 3.05) is 0 Å². The van der Waals surface area contributed by atoms with Gasteiger partial charge in [-0.05, 0) is 36.8 Å². The highest BCUT2D eigenvalue weighted by molar-refractivity contribution is 5.84. The Morgan fingerprint density at radius 1 is 0.889 bits per heavy atom. The second-order valence-corrected chi connectivity index (χ2v) is 5.88. The lowest BCUT2D eigenvalue weighted by Gasteiger charge is -2.09. The quantitative estimate of drug-likeness (QED) is 0.581. The molecule has 0 amide bonds. The van der Waals surface area contributed by atoms with E-state index in [1.165, 1.54) is 18.5 Å². The highest BCUT2D eigenvalue weighted by Crippen LogP contribution is 2.27. The lowest BCUT2D eigenvalue weighted by Crippen LogP contribution is -2.00. The smallest absolute Gasteiger partial charge is 0.226 e. The molecule has 0 bridgehead atoms. The van der Waals surface area contributed by atoms with E-state index in [-0.39, 0.29) is 12.0 Å². The summed E-state index contributed by atoms with van der Waals surface area (Å²) in [5, 5.41) is 0.703. The molecule has 27 heavy (non-hydrogen) atoms. The van der Waals surface area contributed by atoms with E-state index in [1.807, 2.05) is 25.1 Å². The predicted molar refractivity (Wildman–Crippen MR) is 101 cm³/mol. The van der Waals surface area contributed by atoms with Crippen LogP contribution in [-0.4, -0.2) is 19.9 Å². The van der Waals surface area contributed by atoms with E-state index >= 15 is 0 Å². The zero-order valence-electron chi connectivity index (χ0n) is 14.8. The van der Waals surface area contributed by atoms with Gasteiger partial charge in [-0.25, -0.2) is 19.3 Å². The number of nitrogens with zero attached hydrogens (tertiary/aromatic N) is 4. The third-order valence-electron chi connectivity index (χ3n) is 3.98. The first-order chi connectivity index (χ1) is 12.7. The van der Waals surface area contributed by atoms with Gasteiger partial charge < -0.3 is 10.9 Å². The number of fused-ring (bicyclic) bond motifs is 1. The molecule has 3 heterocycles. The number of halogens is 1. The number of aromatic nitrogens is 4. The summed E-state index contributed by atoms with van der Waals surface area (Å²) in [6.45, 7) is 2.28. The molecule has 1 aromatic carbocycles. The van der Waals surface area contributed by atoms with Gasteiger partial charge in [0.1, 0.15) is 18.8 Å². The van der Waals surface area contributed by atoms with E-state index in [2.05, 4.69) is 19.9 Å². The Morgan fingerprint density at radius 3 is 2.44 bits per heavy atom. The van der Waals surface area contributed by atoms with Gasteiger partial charge in [-0.15, -0.1) is 0 Å². The van der Waals surface area contributed by atoms with Crippen LogP contribution in [0.25, 0.3) is 22.2 Å². The summed E-state index contributed by atoms with van der Waals surface area (Å²) in [5.41, 5.74) is 4.15. The summed E-state index contributed by atoms with van der Waals surface area (Å²) in [6, 6.07) is 12.1. The minimum atomic E-state index is -0.276. The van der Waals surface area contributed by atoms with Crippen LogP contribution < -0.4 is 10.9 Å². The van der Waals surface area contributed by atoms with Crippen LogP contribution in [0, 0.1) is 12.7 Å². The highest BCUT2D eigenvalue weighted by Gasteiger charge is 2.09. The maximum absolute atomic E-state index is 13.1. The predicted octanol–water partition coefficient (Wildman–Crippen LogP) is 4.28. The fourth-order valence-electron chi connectivity index (χ4n) is 2.57. The Morgan fingerprint density at radius 2 is 1.70 bits per heavy atom. The number of benzene rings is 1. The van der Waals surface area contributed by atoms with Gasteiger partial charge in [-0.3, -0.25) is 4.98 Å².